The van der Waals surface area contributed by atoms with Crippen molar-refractivity contribution in [1.82, 2.24) is 10.1 Å². The molecule has 1 aromatic carbocycles. The maximum absolute atomic E-state index is 12.5. The summed E-state index contributed by atoms with van der Waals surface area (Å²) in [6.45, 7) is 4.01. The van der Waals surface area contributed by atoms with Gasteiger partial charge in [0.05, 0.1) is 17.6 Å². The highest BCUT2D eigenvalue weighted by atomic mass is 16.5. The second-order valence-electron chi connectivity index (χ2n) is 6.43. The van der Waals surface area contributed by atoms with Crippen LogP contribution in [0.2, 0.25) is 0 Å². The van der Waals surface area contributed by atoms with Gasteiger partial charge in [-0.05, 0) is 36.8 Å². The van der Waals surface area contributed by atoms with E-state index < -0.39 is 0 Å². The second-order valence-corrected chi connectivity index (χ2v) is 6.43. The minimum atomic E-state index is -0.0742. The lowest BCUT2D eigenvalue weighted by atomic mass is 10.1. The molecule has 0 saturated heterocycles. The van der Waals surface area contributed by atoms with Crippen LogP contribution in [-0.4, -0.2) is 30.1 Å². The van der Waals surface area contributed by atoms with Gasteiger partial charge < -0.3 is 14.7 Å². The molecule has 0 saturated carbocycles. The average molecular weight is 352 g/mol. The summed E-state index contributed by atoms with van der Waals surface area (Å²) in [5, 5.41) is 8.02. The average Bonchev–Trinajstić information content (AvgIpc) is 3.02. The SMILES string of the molecule is CCc1noc(CC)c1CC(=O)Nc1ccc2nc(N(C)C)ccc2c1. The summed E-state index contributed by atoms with van der Waals surface area (Å²) < 4.78 is 5.33. The molecule has 0 spiro atoms. The zero-order valence-corrected chi connectivity index (χ0v) is 15.7. The lowest BCUT2D eigenvalue weighted by Gasteiger charge is -2.12. The fourth-order valence-corrected chi connectivity index (χ4v) is 2.95. The molecule has 0 atom stereocenters. The molecule has 2 aromatic heterocycles. The largest absolute Gasteiger partial charge is 0.363 e. The number of aryl methyl sites for hydroxylation is 2. The van der Waals surface area contributed by atoms with Crippen LogP contribution in [0.15, 0.2) is 34.9 Å². The summed E-state index contributed by atoms with van der Waals surface area (Å²) in [6.07, 6.45) is 1.75. The number of rotatable bonds is 6. The van der Waals surface area contributed by atoms with Crippen molar-refractivity contribution >= 4 is 28.3 Å². The Bertz CT molecular complexity index is 909. The van der Waals surface area contributed by atoms with Gasteiger partial charge in [0.15, 0.2) is 0 Å². The summed E-state index contributed by atoms with van der Waals surface area (Å²) in [5.74, 6) is 1.62. The minimum Gasteiger partial charge on any atom is -0.363 e. The molecule has 0 aliphatic heterocycles. The van der Waals surface area contributed by atoms with Crippen LogP contribution < -0.4 is 10.2 Å². The van der Waals surface area contributed by atoms with Gasteiger partial charge in [0.1, 0.15) is 11.6 Å². The first-order chi connectivity index (χ1) is 12.5. The Balaban J connectivity index is 1.77. The van der Waals surface area contributed by atoms with Crippen LogP contribution in [0.3, 0.4) is 0 Å². The molecule has 136 valence electrons. The van der Waals surface area contributed by atoms with Crippen LogP contribution in [0, 0.1) is 0 Å². The molecular formula is C20H24N4O2. The maximum atomic E-state index is 12.5. The fourth-order valence-electron chi connectivity index (χ4n) is 2.95. The van der Waals surface area contributed by atoms with Crippen molar-refractivity contribution in [2.24, 2.45) is 0 Å². The van der Waals surface area contributed by atoms with Crippen LogP contribution in [0.5, 0.6) is 0 Å². The highest BCUT2D eigenvalue weighted by molar-refractivity contribution is 5.95. The van der Waals surface area contributed by atoms with Gasteiger partial charge in [-0.25, -0.2) is 4.98 Å². The van der Waals surface area contributed by atoms with Crippen LogP contribution in [-0.2, 0) is 24.1 Å². The lowest BCUT2D eigenvalue weighted by Crippen LogP contribution is -2.15. The summed E-state index contributed by atoms with van der Waals surface area (Å²) in [7, 11) is 3.92. The molecule has 0 aliphatic rings. The first-order valence-electron chi connectivity index (χ1n) is 8.86. The summed E-state index contributed by atoms with van der Waals surface area (Å²) in [5.41, 5.74) is 3.42. The van der Waals surface area contributed by atoms with Crippen LogP contribution in [0.4, 0.5) is 11.5 Å². The fraction of sp³-hybridized carbons (Fsp3) is 0.350. The number of amides is 1. The van der Waals surface area contributed by atoms with E-state index in [1.165, 1.54) is 0 Å². The van der Waals surface area contributed by atoms with Gasteiger partial charge in [-0.15, -0.1) is 0 Å². The Morgan fingerprint density at radius 3 is 2.65 bits per heavy atom. The Hall–Kier alpha value is -2.89. The van der Waals surface area contributed by atoms with E-state index in [1.54, 1.807) is 0 Å². The Morgan fingerprint density at radius 1 is 1.15 bits per heavy atom. The van der Waals surface area contributed by atoms with Crippen molar-refractivity contribution in [1.29, 1.82) is 0 Å². The number of anilines is 2. The highest BCUT2D eigenvalue weighted by Crippen LogP contribution is 2.22. The van der Waals surface area contributed by atoms with E-state index in [9.17, 15) is 4.79 Å². The first-order valence-corrected chi connectivity index (χ1v) is 8.86. The topological polar surface area (TPSA) is 71.3 Å². The molecule has 0 unspecified atom stereocenters. The standard InChI is InChI=1S/C20H24N4O2/c1-5-16-15(18(6-2)26-23-16)12-20(25)21-14-8-9-17-13(11-14)7-10-19(22-17)24(3)4/h7-11H,5-6,12H2,1-4H3,(H,21,25). The van der Waals surface area contributed by atoms with Crippen molar-refractivity contribution in [2.45, 2.75) is 33.1 Å². The molecule has 2 heterocycles. The van der Waals surface area contributed by atoms with Gasteiger partial charge in [0, 0.05) is 37.2 Å². The molecule has 6 heteroatoms. The Labute approximate surface area is 153 Å². The Kier molecular flexibility index (Phi) is 5.21. The smallest absolute Gasteiger partial charge is 0.229 e. The maximum Gasteiger partial charge on any atom is 0.229 e. The molecule has 0 fully saturated rings. The molecular weight excluding hydrogens is 328 g/mol. The molecule has 1 amide bonds. The van der Waals surface area contributed by atoms with E-state index in [0.717, 1.165) is 52.3 Å². The van der Waals surface area contributed by atoms with Gasteiger partial charge >= 0.3 is 0 Å². The number of carbonyl (C=O) groups is 1. The second kappa shape index (κ2) is 7.56. The van der Waals surface area contributed by atoms with Gasteiger partial charge in [0.25, 0.3) is 0 Å². The van der Waals surface area contributed by atoms with Gasteiger partial charge in [0.2, 0.25) is 5.91 Å². The van der Waals surface area contributed by atoms with E-state index in [0.29, 0.717) is 0 Å². The number of aromatic nitrogens is 2. The van der Waals surface area contributed by atoms with E-state index in [4.69, 9.17) is 4.52 Å². The van der Waals surface area contributed by atoms with Gasteiger partial charge in [-0.2, -0.15) is 0 Å². The highest BCUT2D eigenvalue weighted by Gasteiger charge is 2.17. The van der Waals surface area contributed by atoms with E-state index in [2.05, 4.69) is 15.5 Å². The van der Waals surface area contributed by atoms with Crippen molar-refractivity contribution < 1.29 is 9.32 Å². The Morgan fingerprint density at radius 2 is 1.96 bits per heavy atom. The molecule has 26 heavy (non-hydrogen) atoms. The number of nitrogens with one attached hydrogen (secondary N) is 1. The molecule has 0 radical (unpaired) electrons. The number of nitrogens with zero attached hydrogens (tertiary/aromatic N) is 3. The number of hydrogen-bond donors (Lipinski definition) is 1. The third-order valence-corrected chi connectivity index (χ3v) is 4.36. The van der Waals surface area contributed by atoms with Crippen molar-refractivity contribution in [3.05, 3.63) is 47.3 Å². The van der Waals surface area contributed by atoms with Crippen LogP contribution in [0.1, 0.15) is 30.9 Å². The molecule has 0 aliphatic carbocycles. The zero-order chi connectivity index (χ0) is 18.7. The van der Waals surface area contributed by atoms with Crippen LogP contribution >= 0.6 is 0 Å². The first kappa shape index (κ1) is 17.9. The number of fused-ring (bicyclic) bond motifs is 1. The molecule has 0 bridgehead atoms. The summed E-state index contributed by atoms with van der Waals surface area (Å²) in [6, 6.07) is 9.71. The number of pyridine rings is 1. The van der Waals surface area contributed by atoms with Gasteiger partial charge in [-0.3, -0.25) is 4.79 Å². The predicted molar refractivity (Wildman–Crippen MR) is 104 cm³/mol. The third kappa shape index (κ3) is 3.69. The van der Waals surface area contributed by atoms with Crippen molar-refractivity contribution in [3.8, 4) is 0 Å². The van der Waals surface area contributed by atoms with E-state index in [1.807, 2.05) is 63.2 Å². The number of benzene rings is 1. The third-order valence-electron chi connectivity index (χ3n) is 4.36. The normalized spacial score (nSPS) is 10.9. The molecule has 1 N–H and O–H groups in total. The monoisotopic (exact) mass is 352 g/mol. The summed E-state index contributed by atoms with van der Waals surface area (Å²) >= 11 is 0. The van der Waals surface area contributed by atoms with E-state index in [-0.39, 0.29) is 12.3 Å². The van der Waals surface area contributed by atoms with E-state index >= 15 is 0 Å². The van der Waals surface area contributed by atoms with Crippen molar-refractivity contribution in [2.75, 3.05) is 24.3 Å². The van der Waals surface area contributed by atoms with Crippen LogP contribution in [0.25, 0.3) is 10.9 Å². The lowest BCUT2D eigenvalue weighted by molar-refractivity contribution is -0.115. The summed E-state index contributed by atoms with van der Waals surface area (Å²) in [4.78, 5) is 19.0. The molecule has 3 aromatic rings. The predicted octanol–water partition coefficient (Wildman–Crippen LogP) is 3.59. The zero-order valence-electron chi connectivity index (χ0n) is 15.7. The minimum absolute atomic E-state index is 0.0742. The van der Waals surface area contributed by atoms with Gasteiger partial charge in [-0.1, -0.05) is 19.0 Å². The number of carbonyl (C=O) groups excluding carboxylic acids is 1. The quantitative estimate of drug-likeness (QED) is 0.734. The van der Waals surface area contributed by atoms with Crippen molar-refractivity contribution in [3.63, 3.8) is 0 Å². The number of hydrogen-bond acceptors (Lipinski definition) is 5. The molecule has 3 rings (SSSR count). The molecule has 6 nitrogen and oxygen atoms in total.